The van der Waals surface area contributed by atoms with Crippen LogP contribution in [0.15, 0.2) is 52.9 Å². The summed E-state index contributed by atoms with van der Waals surface area (Å²) in [6.07, 6.45) is -3.46. The number of aromatic nitrogens is 3. The van der Waals surface area contributed by atoms with Gasteiger partial charge >= 0.3 is 6.18 Å². The van der Waals surface area contributed by atoms with Gasteiger partial charge in [0.25, 0.3) is 5.95 Å². The summed E-state index contributed by atoms with van der Waals surface area (Å²) >= 11 is 10.6. The fourth-order valence-electron chi connectivity index (χ4n) is 2.58. The van der Waals surface area contributed by atoms with E-state index in [4.69, 9.17) is 11.6 Å². The molecule has 2 aromatic carbocycles. The lowest BCUT2D eigenvalue weighted by Crippen LogP contribution is -2.09. The second kappa shape index (κ2) is 9.23. The Morgan fingerprint density at radius 3 is 2.34 bits per heavy atom. The average molecular weight is 438 g/mol. The molecule has 29 heavy (non-hydrogen) atoms. The first-order chi connectivity index (χ1) is 13.8. The second-order valence-electron chi connectivity index (χ2n) is 6.12. The smallest absolute Gasteiger partial charge is 0.378 e. The second-order valence-corrected chi connectivity index (χ2v) is 6.74. The number of rotatable bonds is 7. The third-order valence-electron chi connectivity index (χ3n) is 3.99. The van der Waals surface area contributed by atoms with Crippen molar-refractivity contribution in [3.8, 4) is 0 Å². The van der Waals surface area contributed by atoms with Crippen LogP contribution in [0.2, 0.25) is 5.02 Å². The highest BCUT2D eigenvalue weighted by atomic mass is 35.5. The molecule has 0 spiro atoms. The Hall–Kier alpha value is -2.65. The van der Waals surface area contributed by atoms with Crippen LogP contribution in [0.5, 0.6) is 0 Å². The van der Waals surface area contributed by atoms with E-state index < -0.39 is 11.7 Å². The number of hydrogen-bond donors (Lipinski definition) is 1. The molecule has 1 N–H and O–H groups in total. The minimum Gasteiger partial charge on any atom is -0.378 e. The van der Waals surface area contributed by atoms with Crippen LogP contribution in [0.25, 0.3) is 0 Å². The molecular weight excluding hydrogens is 423 g/mol. The van der Waals surface area contributed by atoms with E-state index >= 15 is 0 Å². The molecule has 0 amide bonds. The van der Waals surface area contributed by atoms with Crippen molar-refractivity contribution in [1.82, 2.24) is 15.0 Å². The highest BCUT2D eigenvalue weighted by Gasteiger charge is 2.29. The maximum Gasteiger partial charge on any atom is 0.416 e. The molecule has 0 aliphatic carbocycles. The first-order valence-electron chi connectivity index (χ1n) is 8.56. The van der Waals surface area contributed by atoms with Gasteiger partial charge in [-0.2, -0.15) is 23.1 Å². The maximum absolute atomic E-state index is 12.7. The monoisotopic (exact) mass is 437 g/mol. The zero-order chi connectivity index (χ0) is 20.9. The molecule has 0 unspecified atom stereocenters. The Morgan fingerprint density at radius 2 is 1.69 bits per heavy atom. The van der Waals surface area contributed by atoms with Crippen LogP contribution in [0, 0.1) is 0 Å². The van der Waals surface area contributed by atoms with Crippen LogP contribution in [0.3, 0.4) is 0 Å². The number of halogens is 4. The van der Waals surface area contributed by atoms with Crippen LogP contribution >= 0.6 is 11.6 Å². The predicted molar refractivity (Wildman–Crippen MR) is 107 cm³/mol. The summed E-state index contributed by atoms with van der Waals surface area (Å²) in [6.45, 7) is 0.313. The molecule has 5 nitrogen and oxygen atoms in total. The Morgan fingerprint density at radius 1 is 0.966 bits per heavy atom. The normalized spacial score (nSPS) is 11.3. The minimum atomic E-state index is -4.35. The van der Waals surface area contributed by atoms with Gasteiger partial charge in [-0.1, -0.05) is 29.8 Å². The van der Waals surface area contributed by atoms with Crippen molar-refractivity contribution in [3.63, 3.8) is 0 Å². The zero-order valence-corrected chi connectivity index (χ0v) is 16.5. The van der Waals surface area contributed by atoms with Crippen LogP contribution in [-0.4, -0.2) is 15.0 Å². The molecule has 0 aliphatic rings. The number of anilines is 1. The third kappa shape index (κ3) is 6.16. The zero-order valence-electron chi connectivity index (χ0n) is 14.9. The largest absolute Gasteiger partial charge is 0.416 e. The topological polar surface area (TPSA) is 63.1 Å². The molecule has 3 aromatic rings. The number of nitrogens with zero attached hydrogens (tertiary/aromatic N) is 4. The fraction of sp³-hybridized carbons (Fsp3) is 0.211. The summed E-state index contributed by atoms with van der Waals surface area (Å²) in [5.74, 6) is 1.04. The molecule has 0 radical (unpaired) electrons. The van der Waals surface area contributed by atoms with Crippen molar-refractivity contribution in [1.29, 1.82) is 0 Å². The van der Waals surface area contributed by atoms with Gasteiger partial charge in [-0.15, -0.1) is 4.36 Å². The summed E-state index contributed by atoms with van der Waals surface area (Å²) in [5, 5.41) is 3.76. The van der Waals surface area contributed by atoms with Gasteiger partial charge in [0.2, 0.25) is 0 Å². The lowest BCUT2D eigenvalue weighted by Gasteiger charge is -2.09. The van der Waals surface area contributed by atoms with Gasteiger partial charge < -0.3 is 5.32 Å². The fourth-order valence-corrected chi connectivity index (χ4v) is 2.85. The molecule has 0 atom stereocenters. The molecule has 150 valence electrons. The van der Waals surface area contributed by atoms with Gasteiger partial charge in [-0.25, -0.2) is 4.98 Å². The van der Waals surface area contributed by atoms with E-state index in [1.54, 1.807) is 12.1 Å². The van der Waals surface area contributed by atoms with E-state index in [9.17, 15) is 13.2 Å². The Bertz CT molecular complexity index is 996. The van der Waals surface area contributed by atoms with Crippen LogP contribution in [-0.2, 0) is 38.0 Å². The van der Waals surface area contributed by atoms with Gasteiger partial charge in [0.1, 0.15) is 5.82 Å². The van der Waals surface area contributed by atoms with Gasteiger partial charge in [0, 0.05) is 29.6 Å². The molecule has 10 heteroatoms. The molecule has 0 saturated heterocycles. The molecule has 3 rings (SSSR count). The van der Waals surface area contributed by atoms with E-state index in [-0.39, 0.29) is 5.95 Å². The summed E-state index contributed by atoms with van der Waals surface area (Å²) in [7, 11) is 0. The summed E-state index contributed by atoms with van der Waals surface area (Å²) < 4.78 is 41.6. The van der Waals surface area contributed by atoms with E-state index in [1.165, 1.54) is 12.1 Å². The van der Waals surface area contributed by atoms with E-state index in [1.807, 2.05) is 12.1 Å². The maximum atomic E-state index is 12.7. The standard InChI is InChI=1S/C19H15ClF3N5S/c20-14-2-1-3-15(10-14)24-11-17-25-16(26-18(27-17)28-29)9-6-12-4-7-13(8-5-12)19(21,22)23/h1-5,7-8,10,24H,6,9,11H2. The van der Waals surface area contributed by atoms with Gasteiger partial charge in [0.05, 0.1) is 12.1 Å². The van der Waals surface area contributed by atoms with Crippen molar-refractivity contribution < 1.29 is 13.2 Å². The van der Waals surface area contributed by atoms with E-state index in [0.29, 0.717) is 36.1 Å². The van der Waals surface area contributed by atoms with Crippen LogP contribution < -0.4 is 5.32 Å². The summed E-state index contributed by atoms with van der Waals surface area (Å²) in [6, 6.07) is 12.2. The van der Waals surface area contributed by atoms with Crippen molar-refractivity contribution >= 4 is 35.7 Å². The molecule has 0 fully saturated rings. The van der Waals surface area contributed by atoms with Gasteiger partial charge in [0.15, 0.2) is 5.82 Å². The van der Waals surface area contributed by atoms with Crippen molar-refractivity contribution in [2.45, 2.75) is 25.6 Å². The number of nitrogens with one attached hydrogen (secondary N) is 1. The van der Waals surface area contributed by atoms with Crippen LogP contribution in [0.4, 0.5) is 24.8 Å². The lowest BCUT2D eigenvalue weighted by molar-refractivity contribution is -0.137. The molecule has 0 aliphatic heterocycles. The summed E-state index contributed by atoms with van der Waals surface area (Å²) in [4.78, 5) is 12.7. The number of benzene rings is 2. The first kappa shape index (κ1) is 21.1. The number of aryl methyl sites for hydroxylation is 2. The number of hydrogen-bond acceptors (Lipinski definition) is 6. The highest BCUT2D eigenvalue weighted by molar-refractivity contribution is 7.47. The Kier molecular flexibility index (Phi) is 6.71. The van der Waals surface area contributed by atoms with Crippen molar-refractivity contribution in [2.75, 3.05) is 5.32 Å². The van der Waals surface area contributed by atoms with Crippen LogP contribution in [0.1, 0.15) is 22.8 Å². The first-order valence-corrected chi connectivity index (χ1v) is 9.30. The molecular formula is C19H15ClF3N5S. The SMILES string of the molecule is FC(F)(F)c1ccc(CCc2nc(CNc3cccc(Cl)c3)nc(N=S)n2)cc1. The quantitative estimate of drug-likeness (QED) is 0.543. The Balaban J connectivity index is 1.67. The van der Waals surface area contributed by atoms with Crippen molar-refractivity contribution in [3.05, 3.63) is 76.3 Å². The Labute approximate surface area is 175 Å². The predicted octanol–water partition coefficient (Wildman–Crippen LogP) is 5.30. The van der Waals surface area contributed by atoms with E-state index in [2.05, 4.69) is 37.1 Å². The summed E-state index contributed by atoms with van der Waals surface area (Å²) in [5.41, 5.74) is 0.873. The highest BCUT2D eigenvalue weighted by Crippen LogP contribution is 2.29. The lowest BCUT2D eigenvalue weighted by atomic mass is 10.1. The molecule has 1 aromatic heterocycles. The van der Waals surface area contributed by atoms with Crippen molar-refractivity contribution in [2.24, 2.45) is 4.36 Å². The minimum absolute atomic E-state index is 0.125. The van der Waals surface area contributed by atoms with Gasteiger partial charge in [-0.05, 0) is 42.3 Å². The third-order valence-corrected chi connectivity index (χ3v) is 4.39. The van der Waals surface area contributed by atoms with E-state index in [0.717, 1.165) is 23.4 Å². The number of alkyl halides is 3. The molecule has 0 saturated carbocycles. The average Bonchev–Trinajstić information content (AvgIpc) is 2.70. The van der Waals surface area contributed by atoms with Gasteiger partial charge in [-0.3, -0.25) is 0 Å². The molecule has 0 bridgehead atoms. The molecule has 1 heterocycles.